The van der Waals surface area contributed by atoms with Crippen molar-refractivity contribution in [3.63, 3.8) is 0 Å². The Morgan fingerprint density at radius 3 is 2.31 bits per heavy atom. The van der Waals surface area contributed by atoms with Gasteiger partial charge in [-0.2, -0.15) is 0 Å². The smallest absolute Gasteiger partial charge is 0.224 e. The van der Waals surface area contributed by atoms with E-state index < -0.39 is 0 Å². The highest BCUT2D eigenvalue weighted by atomic mass is 16.2. The summed E-state index contributed by atoms with van der Waals surface area (Å²) in [5, 5.41) is 0. The van der Waals surface area contributed by atoms with Crippen LogP contribution in [0.2, 0.25) is 0 Å². The minimum atomic E-state index is 0.0709. The molecule has 0 bridgehead atoms. The molecule has 26 heavy (non-hydrogen) atoms. The van der Waals surface area contributed by atoms with Crippen molar-refractivity contribution in [1.29, 1.82) is 0 Å². The largest absolute Gasteiger partial charge is 0.342 e. The van der Waals surface area contributed by atoms with E-state index in [0.717, 1.165) is 58.5 Å². The molecule has 1 heterocycles. The van der Waals surface area contributed by atoms with Crippen LogP contribution in [0.4, 0.5) is 0 Å². The summed E-state index contributed by atoms with van der Waals surface area (Å²) < 4.78 is 0. The van der Waals surface area contributed by atoms with Crippen molar-refractivity contribution in [3.05, 3.63) is 35.9 Å². The lowest BCUT2D eigenvalue weighted by molar-refractivity contribution is -0.134. The highest BCUT2D eigenvalue weighted by Crippen LogP contribution is 2.10. The zero-order valence-corrected chi connectivity index (χ0v) is 16.3. The van der Waals surface area contributed by atoms with Gasteiger partial charge in [0.15, 0.2) is 0 Å². The van der Waals surface area contributed by atoms with Crippen molar-refractivity contribution in [2.75, 3.05) is 39.3 Å². The van der Waals surface area contributed by atoms with Gasteiger partial charge in [0.2, 0.25) is 11.8 Å². The Kier molecular flexibility index (Phi) is 8.62. The van der Waals surface area contributed by atoms with Crippen LogP contribution >= 0.6 is 0 Å². The van der Waals surface area contributed by atoms with Crippen LogP contribution in [0.25, 0.3) is 0 Å². The Bertz CT molecular complexity index is 554. The normalized spacial score (nSPS) is 15.1. The SMILES string of the molecule is CCCCCN(CCC(=O)N1CCN(Cc2ccccc2)CC1)C(C)=O. The van der Waals surface area contributed by atoms with E-state index in [2.05, 4.69) is 36.1 Å². The maximum atomic E-state index is 12.5. The molecule has 0 spiro atoms. The van der Waals surface area contributed by atoms with Gasteiger partial charge in [-0.1, -0.05) is 50.1 Å². The number of hydrogen-bond donors (Lipinski definition) is 0. The fraction of sp³-hybridized carbons (Fsp3) is 0.619. The lowest BCUT2D eigenvalue weighted by Gasteiger charge is -2.35. The first-order chi connectivity index (χ1) is 12.6. The fourth-order valence-corrected chi connectivity index (χ4v) is 3.37. The second kappa shape index (κ2) is 11.0. The van der Waals surface area contributed by atoms with Crippen molar-refractivity contribution >= 4 is 11.8 Å². The highest BCUT2D eigenvalue weighted by Gasteiger charge is 2.21. The Morgan fingerprint density at radius 1 is 1.00 bits per heavy atom. The monoisotopic (exact) mass is 359 g/mol. The van der Waals surface area contributed by atoms with Gasteiger partial charge in [0, 0.05) is 59.2 Å². The molecule has 0 radical (unpaired) electrons. The van der Waals surface area contributed by atoms with Gasteiger partial charge in [0.25, 0.3) is 0 Å². The van der Waals surface area contributed by atoms with Gasteiger partial charge in [0.05, 0.1) is 0 Å². The first kappa shape index (κ1) is 20.4. The molecule has 1 saturated heterocycles. The minimum Gasteiger partial charge on any atom is -0.342 e. The molecule has 144 valence electrons. The van der Waals surface area contributed by atoms with Crippen LogP contribution in [0, 0.1) is 0 Å². The van der Waals surface area contributed by atoms with E-state index in [9.17, 15) is 9.59 Å². The standard InChI is InChI=1S/C21H33N3O2/c1-3-4-8-12-23(19(2)25)13-11-21(26)24-16-14-22(15-17-24)18-20-9-6-5-7-10-20/h5-7,9-10H,3-4,8,11-18H2,1-2H3. The van der Waals surface area contributed by atoms with Gasteiger partial charge in [-0.15, -0.1) is 0 Å². The number of hydrogen-bond acceptors (Lipinski definition) is 3. The summed E-state index contributed by atoms with van der Waals surface area (Å²) in [7, 11) is 0. The molecular weight excluding hydrogens is 326 g/mol. The van der Waals surface area contributed by atoms with Crippen LogP contribution in [0.5, 0.6) is 0 Å². The Morgan fingerprint density at radius 2 is 1.69 bits per heavy atom. The molecule has 0 aromatic heterocycles. The average molecular weight is 360 g/mol. The maximum absolute atomic E-state index is 12.5. The summed E-state index contributed by atoms with van der Waals surface area (Å²) in [4.78, 5) is 30.4. The van der Waals surface area contributed by atoms with Gasteiger partial charge in [-0.05, 0) is 12.0 Å². The Balaban J connectivity index is 1.71. The van der Waals surface area contributed by atoms with Crippen LogP contribution in [0.15, 0.2) is 30.3 Å². The minimum absolute atomic E-state index is 0.0709. The van der Waals surface area contributed by atoms with Gasteiger partial charge in [-0.25, -0.2) is 0 Å². The van der Waals surface area contributed by atoms with E-state index in [1.165, 1.54) is 5.56 Å². The van der Waals surface area contributed by atoms with E-state index in [0.29, 0.717) is 13.0 Å². The van der Waals surface area contributed by atoms with Crippen molar-refractivity contribution < 1.29 is 9.59 Å². The second-order valence-corrected chi connectivity index (χ2v) is 7.11. The summed E-state index contributed by atoms with van der Waals surface area (Å²) >= 11 is 0. The molecular formula is C21H33N3O2. The molecule has 0 aliphatic carbocycles. The highest BCUT2D eigenvalue weighted by molar-refractivity contribution is 5.78. The summed E-state index contributed by atoms with van der Waals surface area (Å²) in [5.41, 5.74) is 1.32. The average Bonchev–Trinajstić information content (AvgIpc) is 2.65. The Labute approximate surface area is 158 Å². The third-order valence-corrected chi connectivity index (χ3v) is 5.05. The van der Waals surface area contributed by atoms with Crippen molar-refractivity contribution in [1.82, 2.24) is 14.7 Å². The number of benzene rings is 1. The fourth-order valence-electron chi connectivity index (χ4n) is 3.37. The van der Waals surface area contributed by atoms with Crippen LogP contribution < -0.4 is 0 Å². The zero-order chi connectivity index (χ0) is 18.8. The molecule has 1 aromatic carbocycles. The van der Waals surface area contributed by atoms with E-state index in [4.69, 9.17) is 0 Å². The molecule has 0 unspecified atom stereocenters. The first-order valence-corrected chi connectivity index (χ1v) is 9.89. The zero-order valence-electron chi connectivity index (χ0n) is 16.3. The number of carbonyl (C=O) groups is 2. The number of piperazine rings is 1. The number of nitrogens with zero attached hydrogens (tertiary/aromatic N) is 3. The molecule has 1 aliphatic rings. The molecule has 2 amide bonds. The predicted octanol–water partition coefficient (Wildman–Crippen LogP) is 2.76. The second-order valence-electron chi connectivity index (χ2n) is 7.11. The summed E-state index contributed by atoms with van der Waals surface area (Å²) in [6.45, 7) is 9.38. The van der Waals surface area contributed by atoms with Crippen LogP contribution in [0.3, 0.4) is 0 Å². The Hall–Kier alpha value is -1.88. The van der Waals surface area contributed by atoms with Crippen molar-refractivity contribution in [3.8, 4) is 0 Å². The van der Waals surface area contributed by atoms with E-state index in [1.54, 1.807) is 6.92 Å². The maximum Gasteiger partial charge on any atom is 0.224 e. The van der Waals surface area contributed by atoms with Crippen molar-refractivity contribution in [2.24, 2.45) is 0 Å². The quantitative estimate of drug-likeness (QED) is 0.637. The molecule has 1 aliphatic heterocycles. The number of amides is 2. The summed E-state index contributed by atoms with van der Waals surface area (Å²) in [5.74, 6) is 0.243. The summed E-state index contributed by atoms with van der Waals surface area (Å²) in [6.07, 6.45) is 3.71. The van der Waals surface area contributed by atoms with Crippen LogP contribution in [0.1, 0.15) is 45.1 Å². The molecule has 1 fully saturated rings. The third-order valence-electron chi connectivity index (χ3n) is 5.05. The molecule has 1 aromatic rings. The molecule has 5 nitrogen and oxygen atoms in total. The van der Waals surface area contributed by atoms with E-state index >= 15 is 0 Å². The molecule has 5 heteroatoms. The molecule has 2 rings (SSSR count). The predicted molar refractivity (Wildman–Crippen MR) is 105 cm³/mol. The number of rotatable bonds is 9. The van der Waals surface area contributed by atoms with Gasteiger partial charge in [-0.3, -0.25) is 14.5 Å². The van der Waals surface area contributed by atoms with Gasteiger partial charge < -0.3 is 9.80 Å². The lowest BCUT2D eigenvalue weighted by atomic mass is 10.2. The number of unbranched alkanes of at least 4 members (excludes halogenated alkanes) is 2. The van der Waals surface area contributed by atoms with Crippen LogP contribution in [-0.2, 0) is 16.1 Å². The van der Waals surface area contributed by atoms with Crippen LogP contribution in [-0.4, -0.2) is 65.8 Å². The molecule has 0 atom stereocenters. The van der Waals surface area contributed by atoms with Crippen molar-refractivity contribution in [2.45, 2.75) is 46.1 Å². The third kappa shape index (κ3) is 6.79. The first-order valence-electron chi connectivity index (χ1n) is 9.89. The van der Waals surface area contributed by atoms with E-state index in [-0.39, 0.29) is 11.8 Å². The topological polar surface area (TPSA) is 43.9 Å². The van der Waals surface area contributed by atoms with E-state index in [1.807, 2.05) is 15.9 Å². The number of carbonyl (C=O) groups excluding carboxylic acids is 2. The van der Waals surface area contributed by atoms with Gasteiger partial charge in [0.1, 0.15) is 0 Å². The molecule has 0 N–H and O–H groups in total. The summed E-state index contributed by atoms with van der Waals surface area (Å²) in [6, 6.07) is 10.5. The van der Waals surface area contributed by atoms with Gasteiger partial charge >= 0.3 is 0 Å². The molecule has 0 saturated carbocycles. The lowest BCUT2D eigenvalue weighted by Crippen LogP contribution is -2.49.